The second-order valence-corrected chi connectivity index (χ2v) is 10.6. The molecule has 0 unspecified atom stereocenters. The minimum absolute atomic E-state index is 0.0480. The third-order valence-corrected chi connectivity index (χ3v) is 8.33. The number of carbonyl (C=O) groups is 2. The van der Waals surface area contributed by atoms with Crippen LogP contribution in [-0.2, 0) is 4.79 Å². The summed E-state index contributed by atoms with van der Waals surface area (Å²) in [6.07, 6.45) is 6.51. The summed E-state index contributed by atoms with van der Waals surface area (Å²) in [6.45, 7) is 9.17. The van der Waals surface area contributed by atoms with Gasteiger partial charge in [0, 0.05) is 44.0 Å². The summed E-state index contributed by atoms with van der Waals surface area (Å²) in [5.74, 6) is 0.0909. The van der Waals surface area contributed by atoms with Gasteiger partial charge in [0.15, 0.2) is 0 Å². The number of pyridine rings is 1. The van der Waals surface area contributed by atoms with Gasteiger partial charge in [0.05, 0.1) is 22.3 Å². The Kier molecular flexibility index (Phi) is 6.73. The van der Waals surface area contributed by atoms with Crippen LogP contribution in [0.2, 0.25) is 0 Å². The molecule has 35 heavy (non-hydrogen) atoms. The quantitative estimate of drug-likeness (QED) is 0.550. The molecule has 0 saturated carbocycles. The van der Waals surface area contributed by atoms with Crippen LogP contribution in [0.1, 0.15) is 59.3 Å². The van der Waals surface area contributed by atoms with Crippen molar-refractivity contribution >= 4 is 44.9 Å². The van der Waals surface area contributed by atoms with E-state index in [2.05, 4.69) is 33.4 Å². The van der Waals surface area contributed by atoms with Gasteiger partial charge in [-0.05, 0) is 87.7 Å². The maximum Gasteiger partial charge on any atom is 0.257 e. The van der Waals surface area contributed by atoms with Crippen molar-refractivity contribution in [2.24, 2.45) is 5.92 Å². The zero-order chi connectivity index (χ0) is 24.5. The first-order valence-corrected chi connectivity index (χ1v) is 13.4. The van der Waals surface area contributed by atoms with Crippen LogP contribution in [0.15, 0.2) is 24.4 Å². The largest absolute Gasteiger partial charge is 0.370 e. The van der Waals surface area contributed by atoms with E-state index in [0.717, 1.165) is 79.1 Å². The molecule has 2 aliphatic heterocycles. The van der Waals surface area contributed by atoms with Gasteiger partial charge >= 0.3 is 0 Å². The fourth-order valence-corrected chi connectivity index (χ4v) is 5.97. The average molecular weight is 492 g/mol. The molecular formula is C27H33N5O2S. The number of carbonyl (C=O) groups excluding carboxylic acids is 2. The number of anilines is 2. The van der Waals surface area contributed by atoms with Crippen LogP contribution in [0, 0.1) is 26.7 Å². The summed E-state index contributed by atoms with van der Waals surface area (Å²) in [5.41, 5.74) is 5.77. The Balaban J connectivity index is 1.36. The predicted molar refractivity (Wildman–Crippen MR) is 141 cm³/mol. The molecular weight excluding hydrogens is 458 g/mol. The SMILES string of the molecule is Cc1ccc(NC(=O)C2CCN(c3c(C(=O)N4CCCCC4)cnc4snc(C)c34)CC2)cc1C. The zero-order valence-corrected chi connectivity index (χ0v) is 21.6. The number of piperidine rings is 2. The number of amides is 2. The number of hydrogen-bond donors (Lipinski definition) is 1. The molecule has 0 bridgehead atoms. The standard InChI is InChI=1S/C27H33N5O2S/c1-17-7-8-21(15-18(17)2)29-25(33)20-9-13-31(14-10-20)24-22(27(34)32-11-5-4-6-12-32)16-28-26-23(24)19(3)30-35-26/h7-8,15-16,20H,4-6,9-14H2,1-3H3,(H,29,33). The van der Waals surface area contributed by atoms with Gasteiger partial charge in [-0.2, -0.15) is 4.37 Å². The van der Waals surface area contributed by atoms with Gasteiger partial charge < -0.3 is 15.1 Å². The summed E-state index contributed by atoms with van der Waals surface area (Å²) in [4.78, 5) is 36.3. The van der Waals surface area contributed by atoms with E-state index in [9.17, 15) is 9.59 Å². The summed E-state index contributed by atoms with van der Waals surface area (Å²) < 4.78 is 4.53. The van der Waals surface area contributed by atoms with Crippen molar-refractivity contribution in [3.05, 3.63) is 46.8 Å². The number of hydrogen-bond acceptors (Lipinski definition) is 6. The summed E-state index contributed by atoms with van der Waals surface area (Å²) in [7, 11) is 0. The van der Waals surface area contributed by atoms with Gasteiger partial charge in [0.2, 0.25) is 5.91 Å². The summed E-state index contributed by atoms with van der Waals surface area (Å²) in [6, 6.07) is 6.04. The van der Waals surface area contributed by atoms with Crippen LogP contribution in [0.5, 0.6) is 0 Å². The molecule has 0 atom stereocenters. The van der Waals surface area contributed by atoms with E-state index in [0.29, 0.717) is 5.56 Å². The molecule has 2 amide bonds. The lowest BCUT2D eigenvalue weighted by Gasteiger charge is -2.35. The number of aryl methyl sites for hydroxylation is 3. The zero-order valence-electron chi connectivity index (χ0n) is 20.8. The molecule has 8 heteroatoms. The summed E-state index contributed by atoms with van der Waals surface area (Å²) in [5, 5.41) is 4.09. The third kappa shape index (κ3) is 4.76. The van der Waals surface area contributed by atoms with Crippen LogP contribution < -0.4 is 10.2 Å². The topological polar surface area (TPSA) is 78.4 Å². The molecule has 2 fully saturated rings. The molecule has 2 aliphatic rings. The number of nitrogens with zero attached hydrogens (tertiary/aromatic N) is 4. The maximum atomic E-state index is 13.5. The first-order valence-electron chi connectivity index (χ1n) is 12.6. The number of aromatic nitrogens is 2. The number of benzene rings is 1. The van der Waals surface area contributed by atoms with Crippen molar-refractivity contribution < 1.29 is 9.59 Å². The van der Waals surface area contributed by atoms with Gasteiger partial charge in [0.1, 0.15) is 4.83 Å². The number of fused-ring (bicyclic) bond motifs is 1. The third-order valence-electron chi connectivity index (χ3n) is 7.48. The molecule has 3 aromatic rings. The Hall–Kier alpha value is -3.00. The minimum atomic E-state index is -0.0480. The number of likely N-dealkylation sites (tertiary alicyclic amines) is 1. The normalized spacial score (nSPS) is 17.1. The second-order valence-electron chi connectivity index (χ2n) is 9.87. The van der Waals surface area contributed by atoms with Crippen LogP contribution in [-0.4, -0.2) is 52.3 Å². The van der Waals surface area contributed by atoms with E-state index in [4.69, 9.17) is 0 Å². The van der Waals surface area contributed by atoms with E-state index in [1.54, 1.807) is 6.20 Å². The van der Waals surface area contributed by atoms with Gasteiger partial charge in [-0.25, -0.2) is 4.98 Å². The Morgan fingerprint density at radius 3 is 2.46 bits per heavy atom. The number of nitrogens with one attached hydrogen (secondary N) is 1. The van der Waals surface area contributed by atoms with Crippen molar-refractivity contribution in [2.45, 2.75) is 52.9 Å². The molecule has 0 spiro atoms. The van der Waals surface area contributed by atoms with Crippen LogP contribution in [0.4, 0.5) is 11.4 Å². The van der Waals surface area contributed by atoms with Crippen molar-refractivity contribution in [1.82, 2.24) is 14.3 Å². The van der Waals surface area contributed by atoms with Crippen molar-refractivity contribution in [2.75, 3.05) is 36.4 Å². The molecule has 0 radical (unpaired) electrons. The maximum absolute atomic E-state index is 13.5. The molecule has 0 aliphatic carbocycles. The smallest absolute Gasteiger partial charge is 0.257 e. The molecule has 184 valence electrons. The Labute approximate surface area is 210 Å². The molecule has 1 N–H and O–H groups in total. The fourth-order valence-electron chi connectivity index (χ4n) is 5.22. The van der Waals surface area contributed by atoms with Crippen molar-refractivity contribution in [1.29, 1.82) is 0 Å². The predicted octanol–water partition coefficient (Wildman–Crippen LogP) is 5.10. The number of rotatable bonds is 4. The molecule has 2 aromatic heterocycles. The first kappa shape index (κ1) is 23.7. The van der Waals surface area contributed by atoms with E-state index in [1.807, 2.05) is 30.0 Å². The monoisotopic (exact) mass is 491 g/mol. The molecule has 5 rings (SSSR count). The van der Waals surface area contributed by atoms with Crippen LogP contribution >= 0.6 is 11.5 Å². The van der Waals surface area contributed by atoms with Crippen molar-refractivity contribution in [3.63, 3.8) is 0 Å². The summed E-state index contributed by atoms with van der Waals surface area (Å²) >= 11 is 1.38. The van der Waals surface area contributed by atoms with E-state index < -0.39 is 0 Å². The molecule has 1 aromatic carbocycles. The highest BCUT2D eigenvalue weighted by molar-refractivity contribution is 7.13. The second kappa shape index (κ2) is 9.93. The highest BCUT2D eigenvalue weighted by Crippen LogP contribution is 2.37. The highest BCUT2D eigenvalue weighted by Gasteiger charge is 2.31. The van der Waals surface area contributed by atoms with Gasteiger partial charge in [-0.1, -0.05) is 6.07 Å². The van der Waals surface area contributed by atoms with Gasteiger partial charge in [0.25, 0.3) is 5.91 Å². The van der Waals surface area contributed by atoms with Gasteiger partial charge in [-0.3, -0.25) is 9.59 Å². The first-order chi connectivity index (χ1) is 16.9. The van der Waals surface area contributed by atoms with E-state index >= 15 is 0 Å². The Bertz CT molecular complexity index is 1260. The minimum Gasteiger partial charge on any atom is -0.370 e. The van der Waals surface area contributed by atoms with E-state index in [1.165, 1.54) is 29.1 Å². The van der Waals surface area contributed by atoms with Crippen LogP contribution in [0.25, 0.3) is 10.2 Å². The lowest BCUT2D eigenvalue weighted by atomic mass is 9.94. The van der Waals surface area contributed by atoms with E-state index in [-0.39, 0.29) is 17.7 Å². The lowest BCUT2D eigenvalue weighted by Crippen LogP contribution is -2.40. The fraction of sp³-hybridized carbons (Fsp3) is 0.481. The highest BCUT2D eigenvalue weighted by atomic mass is 32.1. The van der Waals surface area contributed by atoms with Crippen LogP contribution in [0.3, 0.4) is 0 Å². The molecule has 4 heterocycles. The lowest BCUT2D eigenvalue weighted by molar-refractivity contribution is -0.120. The Morgan fingerprint density at radius 2 is 1.74 bits per heavy atom. The molecule has 7 nitrogen and oxygen atoms in total. The average Bonchev–Trinajstić information content (AvgIpc) is 3.26. The Morgan fingerprint density at radius 1 is 1.00 bits per heavy atom. The van der Waals surface area contributed by atoms with Crippen molar-refractivity contribution in [3.8, 4) is 0 Å². The molecule has 2 saturated heterocycles. The van der Waals surface area contributed by atoms with Gasteiger partial charge in [-0.15, -0.1) is 0 Å².